The molecule has 2 rings (SSSR count). The normalized spacial score (nSPS) is 10.4. The largest absolute Gasteiger partial charge is 0.466 e. The lowest BCUT2D eigenvalue weighted by Gasteiger charge is -1.99. The summed E-state index contributed by atoms with van der Waals surface area (Å²) in [7, 11) is 0. The Hall–Kier alpha value is -1.23. The van der Waals surface area contributed by atoms with E-state index in [9.17, 15) is 0 Å². The molecule has 0 spiro atoms. The number of nitrogens with zero attached hydrogens (tertiary/aromatic N) is 1. The number of hydrogen-bond acceptors (Lipinski definition) is 4. The first-order chi connectivity index (χ1) is 6.75. The Bertz CT molecular complexity index is 422. The topological polar surface area (TPSA) is 51.2 Å². The Morgan fingerprint density at radius 2 is 2.43 bits per heavy atom. The van der Waals surface area contributed by atoms with Crippen LogP contribution in [0.3, 0.4) is 0 Å². The average Bonchev–Trinajstić information content (AvgIpc) is 2.72. The first-order valence-corrected chi connectivity index (χ1v) is 4.93. The highest BCUT2D eigenvalue weighted by Gasteiger charge is 2.03. The summed E-state index contributed by atoms with van der Waals surface area (Å²) in [5.74, 6) is 1.63. The molecular weight excluding hydrogens is 248 g/mol. The van der Waals surface area contributed by atoms with Crippen LogP contribution in [0.15, 0.2) is 31.9 Å². The fourth-order valence-corrected chi connectivity index (χ4v) is 1.45. The molecule has 0 atom stereocenters. The van der Waals surface area contributed by atoms with E-state index >= 15 is 0 Å². The van der Waals surface area contributed by atoms with E-state index in [1.807, 2.05) is 13.0 Å². The standard InChI is InChI=1S/C9H9BrN2O2/c1-6-9(4-12-14-6)11-3-8-2-7(10)5-13-8/h2,4-5,11H,3H2,1H3. The van der Waals surface area contributed by atoms with Gasteiger partial charge in [-0.2, -0.15) is 0 Å². The summed E-state index contributed by atoms with van der Waals surface area (Å²) in [4.78, 5) is 0. The van der Waals surface area contributed by atoms with Crippen LogP contribution in [-0.4, -0.2) is 5.16 Å². The van der Waals surface area contributed by atoms with E-state index in [2.05, 4.69) is 26.4 Å². The van der Waals surface area contributed by atoms with Crippen LogP contribution in [-0.2, 0) is 6.54 Å². The maximum atomic E-state index is 5.24. The van der Waals surface area contributed by atoms with Gasteiger partial charge in [0.15, 0.2) is 5.76 Å². The van der Waals surface area contributed by atoms with E-state index in [0.717, 1.165) is 21.7 Å². The minimum Gasteiger partial charge on any atom is -0.466 e. The molecule has 0 aliphatic carbocycles. The fraction of sp³-hybridized carbons (Fsp3) is 0.222. The monoisotopic (exact) mass is 256 g/mol. The van der Waals surface area contributed by atoms with Crippen molar-refractivity contribution in [1.29, 1.82) is 0 Å². The number of nitrogens with one attached hydrogen (secondary N) is 1. The van der Waals surface area contributed by atoms with Crippen molar-refractivity contribution >= 4 is 21.6 Å². The van der Waals surface area contributed by atoms with Crippen LogP contribution in [0.25, 0.3) is 0 Å². The smallest absolute Gasteiger partial charge is 0.156 e. The van der Waals surface area contributed by atoms with Crippen LogP contribution >= 0.6 is 15.9 Å². The summed E-state index contributed by atoms with van der Waals surface area (Å²) in [5, 5.41) is 6.81. The highest BCUT2D eigenvalue weighted by atomic mass is 79.9. The van der Waals surface area contributed by atoms with E-state index in [1.54, 1.807) is 12.5 Å². The third-order valence-corrected chi connectivity index (χ3v) is 2.24. The van der Waals surface area contributed by atoms with Gasteiger partial charge in [-0.3, -0.25) is 0 Å². The summed E-state index contributed by atoms with van der Waals surface area (Å²) in [6.07, 6.45) is 3.30. The number of anilines is 1. The van der Waals surface area contributed by atoms with E-state index in [1.165, 1.54) is 0 Å². The predicted molar refractivity (Wildman–Crippen MR) is 55.0 cm³/mol. The first-order valence-electron chi connectivity index (χ1n) is 4.14. The molecule has 0 fully saturated rings. The van der Waals surface area contributed by atoms with Crippen LogP contribution in [0.1, 0.15) is 11.5 Å². The molecule has 0 radical (unpaired) electrons. The maximum Gasteiger partial charge on any atom is 0.156 e. The molecule has 0 aliphatic heterocycles. The van der Waals surface area contributed by atoms with Crippen molar-refractivity contribution in [1.82, 2.24) is 5.16 Å². The van der Waals surface area contributed by atoms with Crippen LogP contribution in [0, 0.1) is 6.92 Å². The molecule has 4 nitrogen and oxygen atoms in total. The lowest BCUT2D eigenvalue weighted by Crippen LogP contribution is -1.97. The predicted octanol–water partition coefficient (Wildman–Crippen LogP) is 2.95. The van der Waals surface area contributed by atoms with Crippen molar-refractivity contribution < 1.29 is 8.94 Å². The molecule has 0 amide bonds. The first kappa shape index (κ1) is 9.33. The van der Waals surface area contributed by atoms with Gasteiger partial charge in [-0.25, -0.2) is 0 Å². The number of aromatic nitrogens is 1. The second-order valence-corrected chi connectivity index (χ2v) is 3.80. The van der Waals surface area contributed by atoms with Gasteiger partial charge in [-0.1, -0.05) is 5.16 Å². The van der Waals surface area contributed by atoms with Crippen molar-refractivity contribution in [3.8, 4) is 0 Å². The Kier molecular flexibility index (Phi) is 2.58. The quantitative estimate of drug-likeness (QED) is 0.918. The second kappa shape index (κ2) is 3.88. The van der Waals surface area contributed by atoms with Gasteiger partial charge >= 0.3 is 0 Å². The highest BCUT2D eigenvalue weighted by molar-refractivity contribution is 9.10. The van der Waals surface area contributed by atoms with Gasteiger partial charge in [0.2, 0.25) is 0 Å². The number of hydrogen-bond donors (Lipinski definition) is 1. The van der Waals surface area contributed by atoms with Crippen molar-refractivity contribution in [2.45, 2.75) is 13.5 Å². The maximum absolute atomic E-state index is 5.24. The number of halogens is 1. The highest BCUT2D eigenvalue weighted by Crippen LogP contribution is 2.17. The molecule has 0 saturated carbocycles. The van der Waals surface area contributed by atoms with Crippen LogP contribution in [0.2, 0.25) is 0 Å². The van der Waals surface area contributed by atoms with Gasteiger partial charge in [0.05, 0.1) is 22.9 Å². The van der Waals surface area contributed by atoms with Gasteiger partial charge in [0.25, 0.3) is 0 Å². The zero-order valence-electron chi connectivity index (χ0n) is 7.58. The Morgan fingerprint density at radius 1 is 1.57 bits per heavy atom. The minimum absolute atomic E-state index is 0.619. The molecule has 0 aromatic carbocycles. The molecule has 2 heterocycles. The van der Waals surface area contributed by atoms with E-state index in [0.29, 0.717) is 6.54 Å². The van der Waals surface area contributed by atoms with Crippen LogP contribution < -0.4 is 5.32 Å². The zero-order chi connectivity index (χ0) is 9.97. The molecule has 5 heteroatoms. The van der Waals surface area contributed by atoms with Crippen molar-refractivity contribution in [2.24, 2.45) is 0 Å². The average molecular weight is 257 g/mol. The molecule has 2 aromatic heterocycles. The van der Waals surface area contributed by atoms with Crippen LogP contribution in [0.5, 0.6) is 0 Å². The zero-order valence-corrected chi connectivity index (χ0v) is 9.17. The number of furan rings is 1. The van der Waals surface area contributed by atoms with Crippen LogP contribution in [0.4, 0.5) is 5.69 Å². The van der Waals surface area contributed by atoms with Gasteiger partial charge in [0.1, 0.15) is 12.0 Å². The molecule has 0 bridgehead atoms. The molecule has 0 unspecified atom stereocenters. The Balaban J connectivity index is 1.98. The van der Waals surface area contributed by atoms with Crippen molar-refractivity contribution in [3.63, 3.8) is 0 Å². The van der Waals surface area contributed by atoms with Gasteiger partial charge < -0.3 is 14.3 Å². The molecule has 0 saturated heterocycles. The molecule has 74 valence electrons. The van der Waals surface area contributed by atoms with Gasteiger partial charge in [-0.15, -0.1) is 0 Å². The van der Waals surface area contributed by atoms with Gasteiger partial charge in [0, 0.05) is 0 Å². The fourth-order valence-electron chi connectivity index (χ4n) is 1.10. The van der Waals surface area contributed by atoms with E-state index in [-0.39, 0.29) is 0 Å². The summed E-state index contributed by atoms with van der Waals surface area (Å²) in [6.45, 7) is 2.47. The summed E-state index contributed by atoms with van der Waals surface area (Å²) in [5.41, 5.74) is 0.887. The Labute approximate surface area is 89.4 Å². The SMILES string of the molecule is Cc1oncc1NCc1cc(Br)co1. The lowest BCUT2D eigenvalue weighted by atomic mass is 10.4. The third kappa shape index (κ3) is 1.98. The minimum atomic E-state index is 0.619. The molecule has 1 N–H and O–H groups in total. The third-order valence-electron chi connectivity index (χ3n) is 1.83. The summed E-state index contributed by atoms with van der Waals surface area (Å²) < 4.78 is 11.1. The Morgan fingerprint density at radius 3 is 3.00 bits per heavy atom. The van der Waals surface area contributed by atoms with E-state index in [4.69, 9.17) is 8.94 Å². The molecule has 2 aromatic rings. The number of rotatable bonds is 3. The number of aryl methyl sites for hydroxylation is 1. The second-order valence-electron chi connectivity index (χ2n) is 2.88. The molecule has 14 heavy (non-hydrogen) atoms. The van der Waals surface area contributed by atoms with Gasteiger partial charge in [-0.05, 0) is 28.9 Å². The summed E-state index contributed by atoms with van der Waals surface area (Å²) >= 11 is 3.31. The molecular formula is C9H9BrN2O2. The van der Waals surface area contributed by atoms with Crippen molar-refractivity contribution in [2.75, 3.05) is 5.32 Å². The van der Waals surface area contributed by atoms with E-state index < -0.39 is 0 Å². The lowest BCUT2D eigenvalue weighted by molar-refractivity contribution is 0.398. The summed E-state index contributed by atoms with van der Waals surface area (Å²) in [6, 6.07) is 1.91. The van der Waals surface area contributed by atoms with Crippen molar-refractivity contribution in [3.05, 3.63) is 34.5 Å². The molecule has 0 aliphatic rings.